The van der Waals surface area contributed by atoms with Gasteiger partial charge < -0.3 is 19.3 Å². The van der Waals surface area contributed by atoms with Gasteiger partial charge in [0.2, 0.25) is 5.78 Å². The van der Waals surface area contributed by atoms with Crippen LogP contribution < -0.4 is 9.80 Å². The molecule has 0 unspecified atom stereocenters. The van der Waals surface area contributed by atoms with Gasteiger partial charge in [0.05, 0.1) is 48.6 Å². The van der Waals surface area contributed by atoms with Gasteiger partial charge in [0, 0.05) is 26.2 Å². The second kappa shape index (κ2) is 7.14. The average molecular weight is 366 g/mol. The summed E-state index contributed by atoms with van der Waals surface area (Å²) in [6.07, 6.45) is 3.35. The van der Waals surface area contributed by atoms with Crippen molar-refractivity contribution in [2.24, 2.45) is 0 Å². The smallest absolute Gasteiger partial charge is 0.216 e. The lowest BCUT2D eigenvalue weighted by Crippen LogP contribution is -2.36. The van der Waals surface area contributed by atoms with Crippen LogP contribution in [0.2, 0.25) is 0 Å². The third-order valence-electron chi connectivity index (χ3n) is 4.00. The molecular weight excluding hydrogens is 348 g/mol. The average Bonchev–Trinajstić information content (AvgIpc) is 3.33. The first-order valence-electron chi connectivity index (χ1n) is 7.93. The SMILES string of the molecule is O=C(c1cnc(N2CCOCC2)s1)c1cnc(N2CCOCC2)s1. The molecule has 2 aliphatic heterocycles. The molecule has 4 rings (SSSR count). The monoisotopic (exact) mass is 366 g/mol. The van der Waals surface area contributed by atoms with E-state index in [9.17, 15) is 4.79 Å². The van der Waals surface area contributed by atoms with Crippen molar-refractivity contribution in [2.45, 2.75) is 0 Å². The highest BCUT2D eigenvalue weighted by Crippen LogP contribution is 2.29. The maximum absolute atomic E-state index is 12.7. The minimum atomic E-state index is 0.00372. The third kappa shape index (κ3) is 3.30. The Labute approximate surface area is 147 Å². The molecule has 0 radical (unpaired) electrons. The fourth-order valence-corrected chi connectivity index (χ4v) is 4.57. The Morgan fingerprint density at radius 1 is 0.833 bits per heavy atom. The molecule has 2 fully saturated rings. The summed E-state index contributed by atoms with van der Waals surface area (Å²) in [5.41, 5.74) is 0. The number of carbonyl (C=O) groups excluding carboxylic acids is 1. The molecule has 0 N–H and O–H groups in total. The van der Waals surface area contributed by atoms with Gasteiger partial charge in [-0.15, -0.1) is 0 Å². The topological polar surface area (TPSA) is 67.8 Å². The van der Waals surface area contributed by atoms with E-state index in [-0.39, 0.29) is 5.78 Å². The van der Waals surface area contributed by atoms with Gasteiger partial charge in [-0.3, -0.25) is 4.79 Å². The quantitative estimate of drug-likeness (QED) is 0.760. The third-order valence-corrected chi connectivity index (χ3v) is 6.11. The molecule has 0 spiro atoms. The fourth-order valence-electron chi connectivity index (χ4n) is 2.66. The Bertz CT molecular complexity index is 647. The van der Waals surface area contributed by atoms with Crippen LogP contribution in [-0.2, 0) is 9.47 Å². The van der Waals surface area contributed by atoms with Crippen LogP contribution in [0.15, 0.2) is 12.4 Å². The van der Waals surface area contributed by atoms with E-state index >= 15 is 0 Å². The molecule has 128 valence electrons. The van der Waals surface area contributed by atoms with Crippen molar-refractivity contribution in [1.29, 1.82) is 0 Å². The molecule has 7 nitrogen and oxygen atoms in total. The first-order chi connectivity index (χ1) is 11.8. The van der Waals surface area contributed by atoms with Crippen LogP contribution in [-0.4, -0.2) is 68.4 Å². The Kier molecular flexibility index (Phi) is 4.74. The second-order valence-corrected chi connectivity index (χ2v) is 7.56. The Hall–Kier alpha value is -1.55. The summed E-state index contributed by atoms with van der Waals surface area (Å²) < 4.78 is 10.7. The second-order valence-electron chi connectivity index (χ2n) is 5.54. The maximum atomic E-state index is 12.7. The van der Waals surface area contributed by atoms with E-state index in [0.717, 1.165) is 36.4 Å². The molecule has 2 saturated heterocycles. The van der Waals surface area contributed by atoms with E-state index in [0.29, 0.717) is 36.2 Å². The zero-order chi connectivity index (χ0) is 16.4. The molecule has 0 bridgehead atoms. The molecule has 0 atom stereocenters. The van der Waals surface area contributed by atoms with Crippen molar-refractivity contribution in [3.8, 4) is 0 Å². The van der Waals surface area contributed by atoms with E-state index < -0.39 is 0 Å². The van der Waals surface area contributed by atoms with Crippen LogP contribution in [0.4, 0.5) is 10.3 Å². The highest BCUT2D eigenvalue weighted by atomic mass is 32.1. The summed E-state index contributed by atoms with van der Waals surface area (Å²) in [5, 5.41) is 1.78. The highest BCUT2D eigenvalue weighted by Gasteiger charge is 2.21. The number of rotatable bonds is 4. The Morgan fingerprint density at radius 3 is 1.67 bits per heavy atom. The predicted octanol–water partition coefficient (Wildman–Crippen LogP) is 1.50. The lowest BCUT2D eigenvalue weighted by molar-refractivity contribution is 0.104. The van der Waals surface area contributed by atoms with Crippen LogP contribution in [0.3, 0.4) is 0 Å². The van der Waals surface area contributed by atoms with Crippen molar-refractivity contribution in [3.63, 3.8) is 0 Å². The van der Waals surface area contributed by atoms with Crippen LogP contribution in [0.5, 0.6) is 0 Å². The van der Waals surface area contributed by atoms with Gasteiger partial charge >= 0.3 is 0 Å². The molecule has 2 aromatic heterocycles. The summed E-state index contributed by atoms with van der Waals surface area (Å²) in [4.78, 5) is 27.2. The minimum Gasteiger partial charge on any atom is -0.378 e. The van der Waals surface area contributed by atoms with Gasteiger partial charge in [0.25, 0.3) is 0 Å². The lowest BCUT2D eigenvalue weighted by Gasteiger charge is -2.26. The Balaban J connectivity index is 1.47. The summed E-state index contributed by atoms with van der Waals surface area (Å²) >= 11 is 2.88. The van der Waals surface area contributed by atoms with Crippen molar-refractivity contribution < 1.29 is 14.3 Å². The van der Waals surface area contributed by atoms with E-state index in [1.807, 2.05) is 0 Å². The predicted molar refractivity (Wildman–Crippen MR) is 93.7 cm³/mol. The molecular formula is C15H18N4O3S2. The van der Waals surface area contributed by atoms with E-state index in [1.165, 1.54) is 22.7 Å². The number of aromatic nitrogens is 2. The first-order valence-corrected chi connectivity index (χ1v) is 9.56. The number of ketones is 1. The van der Waals surface area contributed by atoms with Crippen molar-refractivity contribution in [1.82, 2.24) is 9.97 Å². The zero-order valence-electron chi connectivity index (χ0n) is 13.1. The summed E-state index contributed by atoms with van der Waals surface area (Å²) in [6, 6.07) is 0. The Morgan fingerprint density at radius 2 is 1.25 bits per heavy atom. The van der Waals surface area contributed by atoms with Crippen LogP contribution in [0.1, 0.15) is 14.5 Å². The number of thiazole rings is 2. The summed E-state index contributed by atoms with van der Waals surface area (Å²) in [6.45, 7) is 6.12. The number of carbonyl (C=O) groups is 1. The van der Waals surface area contributed by atoms with Gasteiger partial charge in [-0.2, -0.15) is 0 Å². The van der Waals surface area contributed by atoms with Crippen LogP contribution in [0.25, 0.3) is 0 Å². The maximum Gasteiger partial charge on any atom is 0.216 e. The number of nitrogens with zero attached hydrogens (tertiary/aromatic N) is 4. The van der Waals surface area contributed by atoms with E-state index in [2.05, 4.69) is 19.8 Å². The largest absolute Gasteiger partial charge is 0.378 e. The van der Waals surface area contributed by atoms with Crippen molar-refractivity contribution in [2.75, 3.05) is 62.4 Å². The number of anilines is 2. The molecule has 0 aromatic carbocycles. The summed E-state index contributed by atoms with van der Waals surface area (Å²) in [7, 11) is 0. The number of hydrogen-bond donors (Lipinski definition) is 0. The lowest BCUT2D eigenvalue weighted by atomic mass is 10.3. The van der Waals surface area contributed by atoms with Crippen LogP contribution >= 0.6 is 22.7 Å². The van der Waals surface area contributed by atoms with Gasteiger partial charge in [0.1, 0.15) is 0 Å². The standard InChI is InChI=1S/C15H18N4O3S2/c20-13(11-9-16-14(23-11)18-1-5-21-6-2-18)12-10-17-15(24-12)19-3-7-22-8-4-19/h9-10H,1-8H2. The normalized spacial score (nSPS) is 18.8. The molecule has 0 amide bonds. The van der Waals surface area contributed by atoms with Crippen LogP contribution in [0, 0.1) is 0 Å². The fraction of sp³-hybridized carbons (Fsp3) is 0.533. The minimum absolute atomic E-state index is 0.00372. The number of morpholine rings is 2. The molecule has 4 heterocycles. The molecule has 0 aliphatic carbocycles. The first kappa shape index (κ1) is 15.9. The molecule has 2 aliphatic rings. The molecule has 0 saturated carbocycles. The van der Waals surface area contributed by atoms with Gasteiger partial charge in [-0.1, -0.05) is 22.7 Å². The molecule has 2 aromatic rings. The van der Waals surface area contributed by atoms with Gasteiger partial charge in [-0.25, -0.2) is 9.97 Å². The van der Waals surface area contributed by atoms with E-state index in [1.54, 1.807) is 12.4 Å². The molecule has 9 heteroatoms. The zero-order valence-corrected chi connectivity index (χ0v) is 14.8. The number of hydrogen-bond acceptors (Lipinski definition) is 9. The van der Waals surface area contributed by atoms with Gasteiger partial charge in [-0.05, 0) is 0 Å². The summed E-state index contributed by atoms with van der Waals surface area (Å²) in [5.74, 6) is 0.00372. The van der Waals surface area contributed by atoms with Crippen molar-refractivity contribution in [3.05, 3.63) is 22.1 Å². The molecule has 24 heavy (non-hydrogen) atoms. The highest BCUT2D eigenvalue weighted by molar-refractivity contribution is 7.20. The van der Waals surface area contributed by atoms with E-state index in [4.69, 9.17) is 9.47 Å². The van der Waals surface area contributed by atoms with Gasteiger partial charge in [0.15, 0.2) is 10.3 Å². The van der Waals surface area contributed by atoms with Crippen molar-refractivity contribution >= 4 is 38.7 Å². The number of ether oxygens (including phenoxy) is 2.